The molecule has 0 bridgehead atoms. The van der Waals surface area contributed by atoms with Gasteiger partial charge in [0.05, 0.1) is 25.4 Å². The molecule has 3 rings (SSSR count). The summed E-state index contributed by atoms with van der Waals surface area (Å²) in [7, 11) is 0. The number of halogens is 1. The first kappa shape index (κ1) is 17.9. The highest BCUT2D eigenvalue weighted by Gasteiger charge is 2.28. The number of nitrogens with one attached hydrogen (secondary N) is 1. The Hall–Kier alpha value is -1.89. The van der Waals surface area contributed by atoms with Crippen LogP contribution in [-0.4, -0.2) is 36.4 Å². The molecule has 0 spiro atoms. The van der Waals surface area contributed by atoms with Crippen LogP contribution in [0, 0.1) is 0 Å². The van der Waals surface area contributed by atoms with E-state index in [4.69, 9.17) is 25.6 Å². The molecule has 1 N–H and O–H groups in total. The molecule has 7 heteroatoms. The van der Waals surface area contributed by atoms with E-state index in [1.807, 2.05) is 30.3 Å². The molecule has 0 saturated carbocycles. The quantitative estimate of drug-likeness (QED) is 0.817. The van der Waals surface area contributed by atoms with E-state index in [1.54, 1.807) is 6.07 Å². The molecule has 1 saturated heterocycles. The fourth-order valence-electron chi connectivity index (χ4n) is 2.75. The number of ether oxygens (including phenoxy) is 2. The average Bonchev–Trinajstić information content (AvgIpc) is 3.05. The first-order chi connectivity index (χ1) is 12.2. The Morgan fingerprint density at radius 1 is 1.36 bits per heavy atom. The van der Waals surface area contributed by atoms with Crippen LogP contribution in [0.5, 0.6) is 0 Å². The molecule has 1 fully saturated rings. The van der Waals surface area contributed by atoms with Gasteiger partial charge in [0.15, 0.2) is 5.15 Å². The van der Waals surface area contributed by atoms with Crippen molar-refractivity contribution < 1.29 is 18.8 Å². The van der Waals surface area contributed by atoms with Crippen molar-refractivity contribution in [2.24, 2.45) is 0 Å². The van der Waals surface area contributed by atoms with E-state index < -0.39 is 0 Å². The monoisotopic (exact) mass is 364 g/mol. The maximum Gasteiger partial charge on any atom is 0.220 e. The summed E-state index contributed by atoms with van der Waals surface area (Å²) >= 11 is 5.70. The minimum absolute atomic E-state index is 0.0577. The normalized spacial score (nSPS) is 20.4. The number of aryl methyl sites for hydroxylation is 1. The number of rotatable bonds is 7. The van der Waals surface area contributed by atoms with E-state index in [1.165, 1.54) is 0 Å². The minimum atomic E-state index is -0.150. The number of aromatic nitrogens is 1. The molecule has 0 unspecified atom stereocenters. The molecule has 25 heavy (non-hydrogen) atoms. The highest BCUT2D eigenvalue weighted by atomic mass is 35.5. The van der Waals surface area contributed by atoms with Gasteiger partial charge in [0.25, 0.3) is 0 Å². The highest BCUT2D eigenvalue weighted by molar-refractivity contribution is 6.29. The zero-order chi connectivity index (χ0) is 17.5. The Bertz CT molecular complexity index is 677. The first-order valence-corrected chi connectivity index (χ1v) is 8.72. The van der Waals surface area contributed by atoms with Gasteiger partial charge >= 0.3 is 0 Å². The summed E-state index contributed by atoms with van der Waals surface area (Å²) in [5, 5.41) is 6.89. The van der Waals surface area contributed by atoms with Gasteiger partial charge in [0.2, 0.25) is 5.91 Å². The number of amides is 1. The van der Waals surface area contributed by atoms with Crippen LogP contribution in [0.1, 0.15) is 24.2 Å². The van der Waals surface area contributed by atoms with Gasteiger partial charge in [-0.2, -0.15) is 0 Å². The van der Waals surface area contributed by atoms with Gasteiger partial charge in [-0.25, -0.2) is 0 Å². The van der Waals surface area contributed by atoms with Gasteiger partial charge in [-0.1, -0.05) is 47.1 Å². The van der Waals surface area contributed by atoms with Crippen molar-refractivity contribution in [2.75, 3.05) is 13.2 Å². The van der Waals surface area contributed by atoms with Crippen molar-refractivity contribution in [2.45, 2.75) is 38.0 Å². The van der Waals surface area contributed by atoms with Crippen LogP contribution in [-0.2, 0) is 27.3 Å². The Labute approximate surface area is 151 Å². The van der Waals surface area contributed by atoms with E-state index in [2.05, 4.69) is 10.5 Å². The van der Waals surface area contributed by atoms with Crippen molar-refractivity contribution in [1.29, 1.82) is 0 Å². The van der Waals surface area contributed by atoms with Crippen molar-refractivity contribution in [3.05, 3.63) is 52.9 Å². The Morgan fingerprint density at radius 2 is 2.20 bits per heavy atom. The van der Waals surface area contributed by atoms with E-state index in [0.717, 1.165) is 12.0 Å². The lowest BCUT2D eigenvalue weighted by Crippen LogP contribution is -2.50. The van der Waals surface area contributed by atoms with Crippen molar-refractivity contribution in [3.63, 3.8) is 0 Å². The molecular weight excluding hydrogens is 344 g/mol. The van der Waals surface area contributed by atoms with Gasteiger partial charge in [-0.05, 0) is 12.0 Å². The van der Waals surface area contributed by atoms with Gasteiger partial charge in [-0.3, -0.25) is 4.79 Å². The zero-order valence-corrected chi connectivity index (χ0v) is 14.6. The van der Waals surface area contributed by atoms with Crippen LogP contribution in [0.3, 0.4) is 0 Å². The van der Waals surface area contributed by atoms with Crippen LogP contribution >= 0.6 is 11.6 Å². The molecule has 1 amide bonds. The molecule has 2 atom stereocenters. The third-order valence-electron chi connectivity index (χ3n) is 4.07. The standard InChI is InChI=1S/C18H21ClN2O4/c19-17-10-14(25-21-17)6-7-18(22)20-15-12-23-9-8-16(15)24-11-13-4-2-1-3-5-13/h1-5,10,15-16H,6-9,11-12H2,(H,20,22)/t15-,16+/m1/s1. The molecule has 2 aromatic rings. The Balaban J connectivity index is 1.47. The Kier molecular flexibility index (Phi) is 6.44. The number of benzene rings is 1. The van der Waals surface area contributed by atoms with E-state index in [9.17, 15) is 4.79 Å². The lowest BCUT2D eigenvalue weighted by molar-refractivity contribution is -0.126. The number of nitrogens with zero attached hydrogens (tertiary/aromatic N) is 1. The van der Waals surface area contributed by atoms with Crippen molar-refractivity contribution in [1.82, 2.24) is 10.5 Å². The summed E-state index contributed by atoms with van der Waals surface area (Å²) < 4.78 is 16.5. The molecule has 1 aliphatic heterocycles. The molecular formula is C18H21ClN2O4. The van der Waals surface area contributed by atoms with E-state index in [0.29, 0.717) is 43.6 Å². The third-order valence-corrected chi connectivity index (χ3v) is 4.25. The average molecular weight is 365 g/mol. The summed E-state index contributed by atoms with van der Waals surface area (Å²) in [5.74, 6) is 0.522. The molecule has 1 aliphatic rings. The minimum Gasteiger partial charge on any atom is -0.379 e. The fourth-order valence-corrected chi connectivity index (χ4v) is 2.91. The smallest absolute Gasteiger partial charge is 0.220 e. The summed E-state index contributed by atoms with van der Waals surface area (Å²) in [5.41, 5.74) is 1.11. The largest absolute Gasteiger partial charge is 0.379 e. The number of carbonyl (C=O) groups excluding carboxylic acids is 1. The van der Waals surface area contributed by atoms with Crippen LogP contribution in [0.4, 0.5) is 0 Å². The fraction of sp³-hybridized carbons (Fsp3) is 0.444. The second kappa shape index (κ2) is 8.99. The van der Waals surface area contributed by atoms with Crippen LogP contribution in [0.25, 0.3) is 0 Å². The lowest BCUT2D eigenvalue weighted by Gasteiger charge is -2.32. The predicted octanol–water partition coefficient (Wildman–Crippen LogP) is 2.75. The van der Waals surface area contributed by atoms with Crippen LogP contribution in [0.15, 0.2) is 40.9 Å². The second-order valence-electron chi connectivity index (χ2n) is 5.99. The Morgan fingerprint density at radius 3 is 2.96 bits per heavy atom. The molecule has 2 heterocycles. The number of hydrogen-bond donors (Lipinski definition) is 1. The summed E-state index contributed by atoms with van der Waals surface area (Å²) in [4.78, 5) is 12.2. The van der Waals surface area contributed by atoms with Gasteiger partial charge < -0.3 is 19.3 Å². The van der Waals surface area contributed by atoms with Crippen molar-refractivity contribution >= 4 is 17.5 Å². The molecule has 1 aromatic carbocycles. The van der Waals surface area contributed by atoms with Crippen LogP contribution in [0.2, 0.25) is 5.15 Å². The number of hydrogen-bond acceptors (Lipinski definition) is 5. The molecule has 0 aliphatic carbocycles. The molecule has 1 aromatic heterocycles. The van der Waals surface area contributed by atoms with Crippen molar-refractivity contribution in [3.8, 4) is 0 Å². The third kappa shape index (κ3) is 5.56. The van der Waals surface area contributed by atoms with Gasteiger partial charge in [0, 0.05) is 25.5 Å². The second-order valence-corrected chi connectivity index (χ2v) is 6.38. The van der Waals surface area contributed by atoms with Gasteiger partial charge in [-0.15, -0.1) is 0 Å². The first-order valence-electron chi connectivity index (χ1n) is 8.34. The highest BCUT2D eigenvalue weighted by Crippen LogP contribution is 2.15. The maximum atomic E-state index is 12.2. The molecule has 6 nitrogen and oxygen atoms in total. The SMILES string of the molecule is O=C(CCc1cc(Cl)no1)N[C@@H]1COCC[C@@H]1OCc1ccccc1. The topological polar surface area (TPSA) is 73.6 Å². The molecule has 0 radical (unpaired) electrons. The predicted molar refractivity (Wildman–Crippen MR) is 92.2 cm³/mol. The van der Waals surface area contributed by atoms with Crippen LogP contribution < -0.4 is 5.32 Å². The number of carbonyl (C=O) groups is 1. The summed E-state index contributed by atoms with van der Waals surface area (Å²) in [6, 6.07) is 11.5. The van der Waals surface area contributed by atoms with E-state index >= 15 is 0 Å². The molecule has 134 valence electrons. The zero-order valence-electron chi connectivity index (χ0n) is 13.8. The van der Waals surface area contributed by atoms with Gasteiger partial charge in [0.1, 0.15) is 5.76 Å². The summed E-state index contributed by atoms with van der Waals surface area (Å²) in [6.45, 7) is 1.62. The maximum absolute atomic E-state index is 12.2. The summed E-state index contributed by atoms with van der Waals surface area (Å²) in [6.07, 6.45) is 1.45. The lowest BCUT2D eigenvalue weighted by atomic mass is 10.1. The van der Waals surface area contributed by atoms with E-state index in [-0.39, 0.29) is 18.1 Å².